The van der Waals surface area contributed by atoms with Gasteiger partial charge in [0.1, 0.15) is 6.54 Å². The summed E-state index contributed by atoms with van der Waals surface area (Å²) in [5.74, 6) is 0.734. The number of hydrogen-bond acceptors (Lipinski definition) is 5. The SMILES string of the molecule is O=C(Cn1cnc(-c2ccccc2)cc1=O)Nc1ccccc1-c1cn2c(n1)SCC2. The predicted molar refractivity (Wildman–Crippen MR) is 121 cm³/mol. The molecule has 4 aromatic rings. The van der Waals surface area contributed by atoms with Gasteiger partial charge in [-0.15, -0.1) is 0 Å². The number of fused-ring (bicyclic) bond motifs is 1. The lowest BCUT2D eigenvalue weighted by atomic mass is 10.1. The van der Waals surface area contributed by atoms with Gasteiger partial charge in [-0.2, -0.15) is 0 Å². The van der Waals surface area contributed by atoms with E-state index >= 15 is 0 Å². The minimum atomic E-state index is -0.301. The molecule has 2 aromatic heterocycles. The van der Waals surface area contributed by atoms with Crippen LogP contribution in [0, 0.1) is 0 Å². The summed E-state index contributed by atoms with van der Waals surface area (Å²) >= 11 is 1.73. The molecule has 0 radical (unpaired) electrons. The van der Waals surface area contributed by atoms with E-state index in [2.05, 4.69) is 19.9 Å². The first kappa shape index (κ1) is 19.3. The summed E-state index contributed by atoms with van der Waals surface area (Å²) in [5.41, 5.74) is 3.50. The van der Waals surface area contributed by atoms with Crippen LogP contribution in [0.15, 0.2) is 83.1 Å². The molecule has 5 rings (SSSR count). The number of hydrogen-bond donors (Lipinski definition) is 1. The monoisotopic (exact) mass is 429 g/mol. The van der Waals surface area contributed by atoms with Gasteiger partial charge in [-0.05, 0) is 6.07 Å². The van der Waals surface area contributed by atoms with E-state index in [9.17, 15) is 9.59 Å². The molecule has 7 nitrogen and oxygen atoms in total. The van der Waals surface area contributed by atoms with Gasteiger partial charge in [0.2, 0.25) is 5.91 Å². The number of imidazole rings is 1. The van der Waals surface area contributed by atoms with Gasteiger partial charge in [0.05, 0.1) is 23.4 Å². The van der Waals surface area contributed by atoms with Crippen molar-refractivity contribution in [3.63, 3.8) is 0 Å². The van der Waals surface area contributed by atoms with Crippen molar-refractivity contribution in [2.24, 2.45) is 0 Å². The number of para-hydroxylation sites is 1. The van der Waals surface area contributed by atoms with Gasteiger partial charge in [-0.3, -0.25) is 14.2 Å². The van der Waals surface area contributed by atoms with E-state index in [1.165, 1.54) is 17.0 Å². The number of benzene rings is 2. The Hall–Kier alpha value is -3.65. The smallest absolute Gasteiger partial charge is 0.254 e. The van der Waals surface area contributed by atoms with Crippen molar-refractivity contribution in [2.75, 3.05) is 11.1 Å². The van der Waals surface area contributed by atoms with Crippen molar-refractivity contribution in [1.29, 1.82) is 0 Å². The molecule has 1 aliphatic heterocycles. The number of anilines is 1. The number of rotatable bonds is 5. The van der Waals surface area contributed by atoms with Crippen LogP contribution in [0.2, 0.25) is 0 Å². The normalized spacial score (nSPS) is 12.5. The molecular weight excluding hydrogens is 410 g/mol. The van der Waals surface area contributed by atoms with E-state index in [0.717, 1.165) is 34.3 Å². The second-order valence-corrected chi connectivity index (χ2v) is 8.21. The van der Waals surface area contributed by atoms with Crippen LogP contribution in [0.1, 0.15) is 0 Å². The molecule has 0 unspecified atom stereocenters. The average Bonchev–Trinajstić information content (AvgIpc) is 3.39. The van der Waals surface area contributed by atoms with E-state index in [-0.39, 0.29) is 18.0 Å². The van der Waals surface area contributed by atoms with Crippen LogP contribution in [0.25, 0.3) is 22.5 Å². The van der Waals surface area contributed by atoms with E-state index in [4.69, 9.17) is 0 Å². The summed E-state index contributed by atoms with van der Waals surface area (Å²) in [6, 6.07) is 18.5. The van der Waals surface area contributed by atoms with Gasteiger partial charge in [-0.25, -0.2) is 9.97 Å². The molecule has 1 aliphatic rings. The maximum absolute atomic E-state index is 12.7. The van der Waals surface area contributed by atoms with Crippen molar-refractivity contribution < 1.29 is 4.79 Å². The highest BCUT2D eigenvalue weighted by molar-refractivity contribution is 7.99. The maximum Gasteiger partial charge on any atom is 0.254 e. The molecule has 0 saturated heterocycles. The second-order valence-electron chi connectivity index (χ2n) is 7.15. The van der Waals surface area contributed by atoms with Crippen LogP contribution >= 0.6 is 11.8 Å². The fraction of sp³-hybridized carbons (Fsp3) is 0.130. The van der Waals surface area contributed by atoms with Crippen molar-refractivity contribution >= 4 is 23.4 Å². The van der Waals surface area contributed by atoms with Crippen LogP contribution in [0.4, 0.5) is 5.69 Å². The van der Waals surface area contributed by atoms with Crippen molar-refractivity contribution in [1.82, 2.24) is 19.1 Å². The standard InChI is InChI=1S/C23H19N5O2S/c29-21(14-28-15-24-19(12-22(28)30)16-6-2-1-3-7-16)25-18-9-5-4-8-17(18)20-13-27-10-11-31-23(27)26-20/h1-9,12-13,15H,10-11,14H2,(H,25,29). The van der Waals surface area contributed by atoms with Crippen molar-refractivity contribution in [3.05, 3.63) is 83.5 Å². The fourth-order valence-electron chi connectivity index (χ4n) is 3.51. The van der Waals surface area contributed by atoms with Crippen LogP contribution in [0.5, 0.6) is 0 Å². The van der Waals surface area contributed by atoms with Gasteiger partial charge in [0.15, 0.2) is 5.16 Å². The number of nitrogens with one attached hydrogen (secondary N) is 1. The molecule has 0 bridgehead atoms. The lowest BCUT2D eigenvalue weighted by Crippen LogP contribution is -2.27. The molecular formula is C23H19N5O2S. The minimum Gasteiger partial charge on any atom is -0.325 e. The quantitative estimate of drug-likeness (QED) is 0.525. The van der Waals surface area contributed by atoms with Gasteiger partial charge >= 0.3 is 0 Å². The minimum absolute atomic E-state index is 0.120. The number of aromatic nitrogens is 4. The number of thioether (sulfide) groups is 1. The summed E-state index contributed by atoms with van der Waals surface area (Å²) in [7, 11) is 0. The molecule has 8 heteroatoms. The third-order valence-corrected chi connectivity index (χ3v) is 6.01. The summed E-state index contributed by atoms with van der Waals surface area (Å²) in [4.78, 5) is 34.2. The number of nitrogens with zero attached hydrogens (tertiary/aromatic N) is 4. The predicted octanol–water partition coefficient (Wildman–Crippen LogP) is 3.52. The Morgan fingerprint density at radius 3 is 2.68 bits per heavy atom. The Labute approximate surface area is 182 Å². The third-order valence-electron chi connectivity index (χ3n) is 5.04. The van der Waals surface area contributed by atoms with Crippen molar-refractivity contribution in [2.45, 2.75) is 18.2 Å². The molecule has 154 valence electrons. The summed E-state index contributed by atoms with van der Waals surface area (Å²) in [6.45, 7) is 0.821. The van der Waals surface area contributed by atoms with E-state index < -0.39 is 0 Å². The topological polar surface area (TPSA) is 81.8 Å². The molecule has 0 saturated carbocycles. The average molecular weight is 430 g/mol. The van der Waals surface area contributed by atoms with E-state index in [0.29, 0.717) is 11.4 Å². The number of carbonyl (C=O) groups excluding carboxylic acids is 1. The number of amides is 1. The van der Waals surface area contributed by atoms with Crippen molar-refractivity contribution in [3.8, 4) is 22.5 Å². The lowest BCUT2D eigenvalue weighted by molar-refractivity contribution is -0.116. The van der Waals surface area contributed by atoms with E-state index in [1.807, 2.05) is 60.8 Å². The molecule has 2 aromatic carbocycles. The zero-order chi connectivity index (χ0) is 21.2. The van der Waals surface area contributed by atoms with Gasteiger partial charge in [0.25, 0.3) is 5.56 Å². The highest BCUT2D eigenvalue weighted by Gasteiger charge is 2.18. The van der Waals surface area contributed by atoms with Gasteiger partial charge in [0, 0.05) is 35.7 Å². The Balaban J connectivity index is 1.34. The lowest BCUT2D eigenvalue weighted by Gasteiger charge is -2.11. The first-order valence-electron chi connectivity index (χ1n) is 9.88. The molecule has 1 amide bonds. The zero-order valence-electron chi connectivity index (χ0n) is 16.6. The first-order chi connectivity index (χ1) is 15.2. The molecule has 0 fully saturated rings. The second kappa shape index (κ2) is 8.23. The van der Waals surface area contributed by atoms with Crippen LogP contribution in [0.3, 0.4) is 0 Å². The molecule has 0 spiro atoms. The zero-order valence-corrected chi connectivity index (χ0v) is 17.4. The highest BCUT2D eigenvalue weighted by Crippen LogP contribution is 2.32. The summed E-state index contributed by atoms with van der Waals surface area (Å²) < 4.78 is 3.42. The number of aryl methyl sites for hydroxylation is 1. The highest BCUT2D eigenvalue weighted by atomic mass is 32.2. The molecule has 0 aliphatic carbocycles. The summed E-state index contributed by atoms with van der Waals surface area (Å²) in [6.07, 6.45) is 3.42. The number of carbonyl (C=O) groups is 1. The Morgan fingerprint density at radius 2 is 1.87 bits per heavy atom. The Morgan fingerprint density at radius 1 is 1.06 bits per heavy atom. The third kappa shape index (κ3) is 4.02. The van der Waals surface area contributed by atoms with Crippen LogP contribution in [-0.4, -0.2) is 30.8 Å². The fourth-order valence-corrected chi connectivity index (χ4v) is 4.45. The molecule has 1 N–H and O–H groups in total. The molecule has 3 heterocycles. The van der Waals surface area contributed by atoms with Gasteiger partial charge < -0.3 is 9.88 Å². The first-order valence-corrected chi connectivity index (χ1v) is 10.9. The Kier molecular flexibility index (Phi) is 5.13. The Bertz CT molecular complexity index is 1290. The van der Waals surface area contributed by atoms with Crippen LogP contribution < -0.4 is 10.9 Å². The molecule has 31 heavy (non-hydrogen) atoms. The van der Waals surface area contributed by atoms with Crippen LogP contribution in [-0.2, 0) is 17.9 Å². The van der Waals surface area contributed by atoms with Gasteiger partial charge in [-0.1, -0.05) is 60.3 Å². The van der Waals surface area contributed by atoms with E-state index in [1.54, 1.807) is 11.8 Å². The molecule has 0 atom stereocenters. The maximum atomic E-state index is 12.7. The largest absolute Gasteiger partial charge is 0.325 e. The summed E-state index contributed by atoms with van der Waals surface area (Å²) in [5, 5.41) is 3.91.